The zero-order valence-electron chi connectivity index (χ0n) is 8.93. The molecule has 82 valence electrons. The van der Waals surface area contributed by atoms with Gasteiger partial charge in [-0.1, -0.05) is 30.3 Å². The number of benzene rings is 1. The Hall–Kier alpha value is -1.90. The summed E-state index contributed by atoms with van der Waals surface area (Å²) in [5, 5.41) is 0. The molecular weight excluding hydrogens is 202 g/mol. The number of carbonyl (C=O) groups excluding carboxylic acids is 1. The van der Waals surface area contributed by atoms with E-state index >= 15 is 0 Å². The molecule has 16 heavy (non-hydrogen) atoms. The SMILES string of the molecule is O=C(OCc1ccccc1)C1=CN=CCC1. The number of ether oxygens (including phenoxy) is 1. The minimum Gasteiger partial charge on any atom is -0.457 e. The van der Waals surface area contributed by atoms with Gasteiger partial charge in [0, 0.05) is 12.4 Å². The maximum atomic E-state index is 11.6. The average molecular weight is 215 g/mol. The largest absolute Gasteiger partial charge is 0.457 e. The molecule has 1 aromatic rings. The van der Waals surface area contributed by atoms with Crippen LogP contribution in [0.4, 0.5) is 0 Å². The zero-order chi connectivity index (χ0) is 11.2. The summed E-state index contributed by atoms with van der Waals surface area (Å²) >= 11 is 0. The third kappa shape index (κ3) is 2.79. The Bertz CT molecular complexity index is 421. The van der Waals surface area contributed by atoms with Crippen LogP contribution in [0.2, 0.25) is 0 Å². The Labute approximate surface area is 94.5 Å². The minimum absolute atomic E-state index is 0.263. The van der Waals surface area contributed by atoms with Crippen LogP contribution in [-0.2, 0) is 16.1 Å². The van der Waals surface area contributed by atoms with Gasteiger partial charge >= 0.3 is 5.97 Å². The lowest BCUT2D eigenvalue weighted by molar-refractivity contribution is -0.140. The molecule has 0 spiro atoms. The summed E-state index contributed by atoms with van der Waals surface area (Å²) in [5.74, 6) is -0.263. The van der Waals surface area contributed by atoms with Crippen molar-refractivity contribution in [1.82, 2.24) is 0 Å². The number of aliphatic imine (C=N–C) groups is 1. The maximum Gasteiger partial charge on any atom is 0.335 e. The summed E-state index contributed by atoms with van der Waals surface area (Å²) in [5.41, 5.74) is 1.65. The van der Waals surface area contributed by atoms with Crippen LogP contribution in [-0.4, -0.2) is 12.2 Å². The van der Waals surface area contributed by atoms with Crippen molar-refractivity contribution in [3.63, 3.8) is 0 Å². The predicted molar refractivity (Wildman–Crippen MR) is 62.0 cm³/mol. The van der Waals surface area contributed by atoms with Gasteiger partial charge in [-0.25, -0.2) is 4.79 Å². The third-order valence-corrected chi connectivity index (χ3v) is 2.35. The molecule has 0 aliphatic carbocycles. The van der Waals surface area contributed by atoms with E-state index in [4.69, 9.17) is 4.74 Å². The normalized spacial score (nSPS) is 14.4. The number of hydrogen-bond acceptors (Lipinski definition) is 3. The smallest absolute Gasteiger partial charge is 0.335 e. The summed E-state index contributed by atoms with van der Waals surface area (Å²) in [7, 11) is 0. The van der Waals surface area contributed by atoms with E-state index in [1.807, 2.05) is 30.3 Å². The van der Waals surface area contributed by atoms with Gasteiger partial charge < -0.3 is 4.74 Å². The second kappa shape index (κ2) is 5.26. The summed E-state index contributed by atoms with van der Waals surface area (Å²) in [6.07, 6.45) is 4.91. The van der Waals surface area contributed by atoms with Gasteiger partial charge in [-0.2, -0.15) is 0 Å². The van der Waals surface area contributed by atoms with E-state index in [1.165, 1.54) is 0 Å². The van der Waals surface area contributed by atoms with E-state index in [-0.39, 0.29) is 5.97 Å². The highest BCUT2D eigenvalue weighted by Gasteiger charge is 2.12. The van der Waals surface area contributed by atoms with Gasteiger partial charge in [0.25, 0.3) is 0 Å². The van der Waals surface area contributed by atoms with Gasteiger partial charge in [0.05, 0.1) is 5.57 Å². The highest BCUT2D eigenvalue weighted by molar-refractivity contribution is 5.89. The lowest BCUT2D eigenvalue weighted by Crippen LogP contribution is -2.09. The Balaban J connectivity index is 1.89. The second-order valence-electron chi connectivity index (χ2n) is 3.59. The Morgan fingerprint density at radius 2 is 2.12 bits per heavy atom. The lowest BCUT2D eigenvalue weighted by atomic mass is 10.1. The van der Waals surface area contributed by atoms with E-state index in [1.54, 1.807) is 12.4 Å². The number of esters is 1. The van der Waals surface area contributed by atoms with E-state index in [0.717, 1.165) is 18.4 Å². The quantitative estimate of drug-likeness (QED) is 0.726. The third-order valence-electron chi connectivity index (χ3n) is 2.35. The molecule has 1 aliphatic heterocycles. The molecule has 0 amide bonds. The fourth-order valence-electron chi connectivity index (χ4n) is 1.47. The Kier molecular flexibility index (Phi) is 3.49. The van der Waals surface area contributed by atoms with Gasteiger partial charge in [-0.05, 0) is 18.4 Å². The molecule has 1 aliphatic rings. The molecule has 0 unspecified atom stereocenters. The first-order valence-electron chi connectivity index (χ1n) is 5.28. The van der Waals surface area contributed by atoms with Crippen molar-refractivity contribution in [2.75, 3.05) is 0 Å². The van der Waals surface area contributed by atoms with Crippen molar-refractivity contribution in [1.29, 1.82) is 0 Å². The molecule has 0 saturated carbocycles. The van der Waals surface area contributed by atoms with Crippen LogP contribution in [0.3, 0.4) is 0 Å². The van der Waals surface area contributed by atoms with Crippen molar-refractivity contribution in [2.24, 2.45) is 4.99 Å². The van der Waals surface area contributed by atoms with Crippen LogP contribution in [0.15, 0.2) is 47.1 Å². The molecule has 1 aromatic carbocycles. The molecule has 2 rings (SSSR count). The molecule has 0 aromatic heterocycles. The van der Waals surface area contributed by atoms with Crippen LogP contribution < -0.4 is 0 Å². The minimum atomic E-state index is -0.263. The summed E-state index contributed by atoms with van der Waals surface area (Å²) in [4.78, 5) is 15.6. The highest BCUT2D eigenvalue weighted by Crippen LogP contribution is 2.12. The van der Waals surface area contributed by atoms with Crippen LogP contribution >= 0.6 is 0 Å². The van der Waals surface area contributed by atoms with Crippen molar-refractivity contribution in [2.45, 2.75) is 19.4 Å². The predicted octanol–water partition coefficient (Wildman–Crippen LogP) is 2.48. The van der Waals surface area contributed by atoms with Gasteiger partial charge in [0.2, 0.25) is 0 Å². The molecule has 0 saturated heterocycles. The number of hydrogen-bond donors (Lipinski definition) is 0. The standard InChI is InChI=1S/C13H13NO2/c15-13(12-7-4-8-14-9-12)16-10-11-5-2-1-3-6-11/h1-3,5-6,8-9H,4,7,10H2. The fraction of sp³-hybridized carbons (Fsp3) is 0.231. The first-order chi connectivity index (χ1) is 7.86. The molecule has 0 atom stereocenters. The summed E-state index contributed by atoms with van der Waals surface area (Å²) in [6.45, 7) is 0.320. The monoisotopic (exact) mass is 215 g/mol. The number of rotatable bonds is 3. The van der Waals surface area contributed by atoms with Crippen LogP contribution in [0.25, 0.3) is 0 Å². The molecule has 0 bridgehead atoms. The molecule has 0 N–H and O–H groups in total. The lowest BCUT2D eigenvalue weighted by Gasteiger charge is -2.08. The molecular formula is C13H13NO2. The maximum absolute atomic E-state index is 11.6. The van der Waals surface area contributed by atoms with Crippen LogP contribution in [0.5, 0.6) is 0 Å². The molecule has 3 heteroatoms. The molecule has 0 fully saturated rings. The van der Waals surface area contributed by atoms with Crippen LogP contribution in [0.1, 0.15) is 18.4 Å². The fourth-order valence-corrected chi connectivity index (χ4v) is 1.47. The first kappa shape index (κ1) is 10.6. The number of nitrogens with zero attached hydrogens (tertiary/aromatic N) is 1. The molecule has 0 radical (unpaired) electrons. The van der Waals surface area contributed by atoms with Gasteiger partial charge in [-0.15, -0.1) is 0 Å². The molecule has 3 nitrogen and oxygen atoms in total. The van der Waals surface area contributed by atoms with E-state index in [2.05, 4.69) is 4.99 Å². The van der Waals surface area contributed by atoms with Gasteiger partial charge in [0.1, 0.15) is 6.61 Å². The first-order valence-corrected chi connectivity index (χ1v) is 5.28. The highest BCUT2D eigenvalue weighted by atomic mass is 16.5. The van der Waals surface area contributed by atoms with E-state index in [0.29, 0.717) is 12.2 Å². The Morgan fingerprint density at radius 1 is 1.31 bits per heavy atom. The van der Waals surface area contributed by atoms with Crippen molar-refractivity contribution in [3.05, 3.63) is 47.7 Å². The summed E-state index contributed by atoms with van der Waals surface area (Å²) < 4.78 is 5.19. The summed E-state index contributed by atoms with van der Waals surface area (Å²) in [6, 6.07) is 9.64. The molecule has 1 heterocycles. The van der Waals surface area contributed by atoms with Gasteiger partial charge in [-0.3, -0.25) is 4.99 Å². The van der Waals surface area contributed by atoms with Crippen molar-refractivity contribution in [3.8, 4) is 0 Å². The van der Waals surface area contributed by atoms with Crippen LogP contribution in [0, 0.1) is 0 Å². The Morgan fingerprint density at radius 3 is 2.81 bits per heavy atom. The van der Waals surface area contributed by atoms with Crippen molar-refractivity contribution < 1.29 is 9.53 Å². The second-order valence-corrected chi connectivity index (χ2v) is 3.59. The average Bonchev–Trinajstić information content (AvgIpc) is 2.38. The topological polar surface area (TPSA) is 38.7 Å². The van der Waals surface area contributed by atoms with Crippen molar-refractivity contribution >= 4 is 12.2 Å². The van der Waals surface area contributed by atoms with Gasteiger partial charge in [0.15, 0.2) is 0 Å². The number of carbonyl (C=O) groups is 1. The zero-order valence-corrected chi connectivity index (χ0v) is 8.93. The van der Waals surface area contributed by atoms with E-state index in [9.17, 15) is 4.79 Å². The van der Waals surface area contributed by atoms with E-state index < -0.39 is 0 Å².